The van der Waals surface area contributed by atoms with E-state index in [9.17, 15) is 0 Å². The van der Waals surface area contributed by atoms with Gasteiger partial charge in [0, 0.05) is 29.8 Å². The molecular formula is C38H28N2. The number of aromatic nitrogens is 2. The van der Waals surface area contributed by atoms with Gasteiger partial charge in [0.25, 0.3) is 0 Å². The standard InChI is InChI=1S/C38H28N2/c1-25-23-30(17-18-32(25)28-19-21-39-22-20-28)38-35-9-5-3-7-33(35)37(34-8-4-6-10-36(34)38)29-15-13-27(14-16-29)31-12-11-26(2)40-24-31/h3-24H,1-2H3. The fourth-order valence-electron chi connectivity index (χ4n) is 5.89. The Kier molecular flexibility index (Phi) is 5.94. The molecule has 5 aromatic carbocycles. The summed E-state index contributed by atoms with van der Waals surface area (Å²) in [6.07, 6.45) is 5.66. The number of rotatable bonds is 4. The molecule has 0 unspecified atom stereocenters. The third-order valence-electron chi connectivity index (χ3n) is 7.86. The van der Waals surface area contributed by atoms with E-state index in [0.717, 1.165) is 11.3 Å². The molecule has 2 heterocycles. The van der Waals surface area contributed by atoms with Crippen molar-refractivity contribution in [2.24, 2.45) is 0 Å². The van der Waals surface area contributed by atoms with Gasteiger partial charge < -0.3 is 0 Å². The van der Waals surface area contributed by atoms with Gasteiger partial charge in [0.15, 0.2) is 0 Å². The fraction of sp³-hybridized carbons (Fsp3) is 0.0526. The second kappa shape index (κ2) is 9.91. The summed E-state index contributed by atoms with van der Waals surface area (Å²) in [6, 6.07) is 41.7. The van der Waals surface area contributed by atoms with Crippen molar-refractivity contribution in [2.45, 2.75) is 13.8 Å². The summed E-state index contributed by atoms with van der Waals surface area (Å²) in [5.74, 6) is 0. The van der Waals surface area contributed by atoms with Gasteiger partial charge in [0.1, 0.15) is 0 Å². The molecule has 0 saturated carbocycles. The van der Waals surface area contributed by atoms with Crippen molar-refractivity contribution < 1.29 is 0 Å². The quantitative estimate of drug-likeness (QED) is 0.219. The van der Waals surface area contributed by atoms with Gasteiger partial charge in [-0.15, -0.1) is 0 Å². The van der Waals surface area contributed by atoms with E-state index in [-0.39, 0.29) is 0 Å². The first-order valence-electron chi connectivity index (χ1n) is 13.7. The molecule has 0 aliphatic carbocycles. The van der Waals surface area contributed by atoms with E-state index in [1.807, 2.05) is 25.5 Å². The molecule has 0 bridgehead atoms. The van der Waals surface area contributed by atoms with Crippen LogP contribution in [0.2, 0.25) is 0 Å². The van der Waals surface area contributed by atoms with Crippen LogP contribution in [0.4, 0.5) is 0 Å². The Morgan fingerprint density at radius 2 is 0.975 bits per heavy atom. The molecule has 190 valence electrons. The summed E-state index contributed by atoms with van der Waals surface area (Å²) >= 11 is 0. The predicted molar refractivity (Wildman–Crippen MR) is 168 cm³/mol. The van der Waals surface area contributed by atoms with E-state index < -0.39 is 0 Å². The number of hydrogen-bond donors (Lipinski definition) is 0. The highest BCUT2D eigenvalue weighted by Crippen LogP contribution is 2.44. The van der Waals surface area contributed by atoms with Crippen LogP contribution >= 0.6 is 0 Å². The zero-order valence-corrected chi connectivity index (χ0v) is 22.6. The minimum absolute atomic E-state index is 1.03. The largest absolute Gasteiger partial charge is 0.265 e. The topological polar surface area (TPSA) is 25.8 Å². The Morgan fingerprint density at radius 1 is 0.450 bits per heavy atom. The summed E-state index contributed by atoms with van der Waals surface area (Å²) in [4.78, 5) is 8.67. The van der Waals surface area contributed by atoms with Crippen molar-refractivity contribution in [1.29, 1.82) is 0 Å². The lowest BCUT2D eigenvalue weighted by atomic mass is 9.85. The van der Waals surface area contributed by atoms with Crippen LogP contribution in [0.25, 0.3) is 66.1 Å². The van der Waals surface area contributed by atoms with E-state index in [2.05, 4.69) is 132 Å². The van der Waals surface area contributed by atoms with E-state index in [1.165, 1.54) is 66.1 Å². The monoisotopic (exact) mass is 512 g/mol. The van der Waals surface area contributed by atoms with Gasteiger partial charge in [-0.2, -0.15) is 0 Å². The van der Waals surface area contributed by atoms with Gasteiger partial charge in [-0.1, -0.05) is 97.1 Å². The van der Waals surface area contributed by atoms with Gasteiger partial charge in [0.2, 0.25) is 0 Å². The molecule has 2 nitrogen and oxygen atoms in total. The fourth-order valence-corrected chi connectivity index (χ4v) is 5.89. The van der Waals surface area contributed by atoms with Crippen molar-refractivity contribution >= 4 is 21.5 Å². The second-order valence-electron chi connectivity index (χ2n) is 10.4. The van der Waals surface area contributed by atoms with Gasteiger partial charge in [-0.05, 0) is 98.1 Å². The lowest BCUT2D eigenvalue weighted by molar-refractivity contribution is 1.20. The minimum Gasteiger partial charge on any atom is -0.265 e. The van der Waals surface area contributed by atoms with Crippen LogP contribution in [0.5, 0.6) is 0 Å². The van der Waals surface area contributed by atoms with Gasteiger partial charge in [-0.25, -0.2) is 0 Å². The third kappa shape index (κ3) is 4.15. The lowest BCUT2D eigenvalue weighted by Crippen LogP contribution is -1.92. The van der Waals surface area contributed by atoms with Crippen LogP contribution in [0, 0.1) is 13.8 Å². The molecule has 0 radical (unpaired) electrons. The summed E-state index contributed by atoms with van der Waals surface area (Å²) in [5, 5.41) is 5.05. The molecular weight excluding hydrogens is 484 g/mol. The number of nitrogens with zero attached hydrogens (tertiary/aromatic N) is 2. The zero-order chi connectivity index (χ0) is 27.1. The highest BCUT2D eigenvalue weighted by molar-refractivity contribution is 6.21. The molecule has 2 heteroatoms. The van der Waals surface area contributed by atoms with Crippen molar-refractivity contribution in [3.05, 3.63) is 145 Å². The Labute approximate surface area is 234 Å². The number of aryl methyl sites for hydroxylation is 2. The van der Waals surface area contributed by atoms with Crippen molar-refractivity contribution in [3.8, 4) is 44.5 Å². The third-order valence-corrected chi connectivity index (χ3v) is 7.86. The molecule has 0 amide bonds. The summed E-state index contributed by atoms with van der Waals surface area (Å²) < 4.78 is 0. The van der Waals surface area contributed by atoms with Crippen molar-refractivity contribution in [1.82, 2.24) is 9.97 Å². The second-order valence-corrected chi connectivity index (χ2v) is 10.4. The average molecular weight is 513 g/mol. The molecule has 0 spiro atoms. The normalized spacial score (nSPS) is 11.2. The number of fused-ring (bicyclic) bond motifs is 2. The maximum Gasteiger partial charge on any atom is 0.0373 e. The van der Waals surface area contributed by atoms with Crippen LogP contribution in [0.3, 0.4) is 0 Å². The Bertz CT molecular complexity index is 1930. The maximum absolute atomic E-state index is 4.48. The van der Waals surface area contributed by atoms with E-state index in [1.54, 1.807) is 0 Å². The molecule has 0 aliphatic heterocycles. The molecule has 0 N–H and O–H groups in total. The van der Waals surface area contributed by atoms with Crippen LogP contribution in [0.15, 0.2) is 134 Å². The van der Waals surface area contributed by atoms with E-state index in [0.29, 0.717) is 0 Å². The first-order chi connectivity index (χ1) is 19.7. The molecule has 0 fully saturated rings. The Hall–Kier alpha value is -5.08. The van der Waals surface area contributed by atoms with E-state index in [4.69, 9.17) is 0 Å². The van der Waals surface area contributed by atoms with Gasteiger partial charge in [0.05, 0.1) is 0 Å². The molecule has 40 heavy (non-hydrogen) atoms. The number of hydrogen-bond acceptors (Lipinski definition) is 2. The highest BCUT2D eigenvalue weighted by atomic mass is 14.7. The lowest BCUT2D eigenvalue weighted by Gasteiger charge is -2.18. The first-order valence-corrected chi connectivity index (χ1v) is 13.7. The van der Waals surface area contributed by atoms with E-state index >= 15 is 0 Å². The summed E-state index contributed by atoms with van der Waals surface area (Å²) in [6.45, 7) is 4.21. The Morgan fingerprint density at radius 3 is 1.52 bits per heavy atom. The Balaban J connectivity index is 1.43. The number of pyridine rings is 2. The molecule has 0 saturated heterocycles. The van der Waals surface area contributed by atoms with Gasteiger partial charge >= 0.3 is 0 Å². The van der Waals surface area contributed by atoms with Crippen molar-refractivity contribution in [3.63, 3.8) is 0 Å². The number of benzene rings is 5. The molecule has 0 atom stereocenters. The minimum atomic E-state index is 1.03. The van der Waals surface area contributed by atoms with Crippen LogP contribution in [-0.4, -0.2) is 9.97 Å². The van der Waals surface area contributed by atoms with Gasteiger partial charge in [-0.3, -0.25) is 9.97 Å². The maximum atomic E-state index is 4.48. The molecule has 7 rings (SSSR count). The summed E-state index contributed by atoms with van der Waals surface area (Å²) in [7, 11) is 0. The smallest absolute Gasteiger partial charge is 0.0373 e. The average Bonchev–Trinajstić information content (AvgIpc) is 3.01. The van der Waals surface area contributed by atoms with Crippen molar-refractivity contribution in [2.75, 3.05) is 0 Å². The van der Waals surface area contributed by atoms with Crippen LogP contribution in [0.1, 0.15) is 11.3 Å². The molecule has 2 aromatic heterocycles. The SMILES string of the molecule is Cc1ccc(-c2ccc(-c3c4ccccc4c(-c4ccc(-c5ccncc5)c(C)c4)c4ccccc34)cc2)cn1. The highest BCUT2D eigenvalue weighted by Gasteiger charge is 2.17. The molecule has 0 aliphatic rings. The summed E-state index contributed by atoms with van der Waals surface area (Å²) in [5.41, 5.74) is 12.0. The predicted octanol–water partition coefficient (Wildman–Crippen LogP) is 10.1. The first kappa shape index (κ1) is 24.0. The molecule has 7 aromatic rings. The van der Waals surface area contributed by atoms with Crippen LogP contribution in [-0.2, 0) is 0 Å². The zero-order valence-electron chi connectivity index (χ0n) is 22.6. The van der Waals surface area contributed by atoms with Crippen LogP contribution < -0.4 is 0 Å².